The van der Waals surface area contributed by atoms with Gasteiger partial charge in [0.2, 0.25) is 0 Å². The van der Waals surface area contributed by atoms with E-state index in [1.54, 1.807) is 0 Å². The van der Waals surface area contributed by atoms with Gasteiger partial charge in [-0.3, -0.25) is 4.98 Å². The lowest BCUT2D eigenvalue weighted by Gasteiger charge is -2.26. The highest BCUT2D eigenvalue weighted by atomic mass is 15.1. The second-order valence-electron chi connectivity index (χ2n) is 6.70. The zero-order valence-corrected chi connectivity index (χ0v) is 15.3. The quantitative estimate of drug-likeness (QED) is 0.536. The van der Waals surface area contributed by atoms with Crippen molar-refractivity contribution in [2.45, 2.75) is 19.6 Å². The number of nitrogens with zero attached hydrogens (tertiary/aromatic N) is 2. The summed E-state index contributed by atoms with van der Waals surface area (Å²) < 4.78 is 0. The molecule has 1 aromatic heterocycles. The van der Waals surface area contributed by atoms with Crippen LogP contribution in [0.1, 0.15) is 16.8 Å². The first-order valence-electron chi connectivity index (χ1n) is 9.24. The summed E-state index contributed by atoms with van der Waals surface area (Å²) in [7, 11) is 0. The van der Waals surface area contributed by atoms with Gasteiger partial charge in [-0.05, 0) is 34.7 Å². The topological polar surface area (TPSA) is 42.1 Å². The number of fused-ring (bicyclic) bond motifs is 1. The van der Waals surface area contributed by atoms with Crippen LogP contribution < -0.4 is 10.6 Å². The Morgan fingerprint density at radius 3 is 2.22 bits per heavy atom. The highest BCUT2D eigenvalue weighted by Crippen LogP contribution is 2.29. The van der Waals surface area contributed by atoms with Crippen molar-refractivity contribution < 1.29 is 0 Å². The first-order valence-corrected chi connectivity index (χ1v) is 9.24. The molecule has 3 nitrogen and oxygen atoms in total. The van der Waals surface area contributed by atoms with Crippen molar-refractivity contribution in [3.8, 4) is 0 Å². The van der Waals surface area contributed by atoms with Crippen LogP contribution in [0.4, 0.5) is 5.69 Å². The molecule has 1 heterocycles. The SMILES string of the molecule is NCc1ccc(CN(Cc2ccccn2)c2cccc3ccccc23)cc1. The predicted octanol–water partition coefficient (Wildman–Crippen LogP) is 4.90. The van der Waals surface area contributed by atoms with E-state index in [1.807, 2.05) is 18.3 Å². The molecule has 0 atom stereocenters. The maximum Gasteiger partial charge on any atom is 0.0606 e. The van der Waals surface area contributed by atoms with Gasteiger partial charge < -0.3 is 10.6 Å². The summed E-state index contributed by atoms with van der Waals surface area (Å²) in [6, 6.07) is 29.6. The van der Waals surface area contributed by atoms with E-state index >= 15 is 0 Å². The highest BCUT2D eigenvalue weighted by Gasteiger charge is 2.12. The molecule has 4 rings (SSSR count). The Balaban J connectivity index is 1.72. The van der Waals surface area contributed by atoms with Crippen molar-refractivity contribution in [1.29, 1.82) is 0 Å². The molecule has 0 aliphatic carbocycles. The van der Waals surface area contributed by atoms with Gasteiger partial charge in [-0.25, -0.2) is 0 Å². The largest absolute Gasteiger partial charge is 0.361 e. The number of hydrogen-bond acceptors (Lipinski definition) is 3. The van der Waals surface area contributed by atoms with E-state index in [0.29, 0.717) is 6.54 Å². The second kappa shape index (κ2) is 8.02. The van der Waals surface area contributed by atoms with Crippen molar-refractivity contribution in [2.75, 3.05) is 4.90 Å². The third kappa shape index (κ3) is 3.99. The molecule has 3 heteroatoms. The minimum atomic E-state index is 0.571. The third-order valence-electron chi connectivity index (χ3n) is 4.82. The molecule has 0 amide bonds. The first kappa shape index (κ1) is 17.3. The van der Waals surface area contributed by atoms with Crippen molar-refractivity contribution in [3.05, 3.63) is 108 Å². The number of hydrogen-bond donors (Lipinski definition) is 1. The monoisotopic (exact) mass is 353 g/mol. The van der Waals surface area contributed by atoms with Crippen LogP contribution in [-0.2, 0) is 19.6 Å². The van der Waals surface area contributed by atoms with Crippen molar-refractivity contribution in [3.63, 3.8) is 0 Å². The summed E-state index contributed by atoms with van der Waals surface area (Å²) in [5.74, 6) is 0. The zero-order chi connectivity index (χ0) is 18.5. The van der Waals surface area contributed by atoms with Gasteiger partial charge in [0.25, 0.3) is 0 Å². The van der Waals surface area contributed by atoms with Crippen LogP contribution in [0.3, 0.4) is 0 Å². The molecular formula is C24H23N3. The fourth-order valence-electron chi connectivity index (χ4n) is 3.40. The Morgan fingerprint density at radius 2 is 1.44 bits per heavy atom. The number of rotatable bonds is 6. The maximum atomic E-state index is 5.74. The second-order valence-corrected chi connectivity index (χ2v) is 6.70. The Kier molecular flexibility index (Phi) is 5.13. The summed E-state index contributed by atoms with van der Waals surface area (Å²) in [5.41, 5.74) is 10.4. The van der Waals surface area contributed by atoms with E-state index in [0.717, 1.165) is 24.3 Å². The smallest absolute Gasteiger partial charge is 0.0606 e. The molecular weight excluding hydrogens is 330 g/mol. The number of aromatic nitrogens is 1. The van der Waals surface area contributed by atoms with E-state index < -0.39 is 0 Å². The molecule has 27 heavy (non-hydrogen) atoms. The van der Waals surface area contributed by atoms with Gasteiger partial charge in [0.15, 0.2) is 0 Å². The highest BCUT2D eigenvalue weighted by molar-refractivity contribution is 5.94. The summed E-state index contributed by atoms with van der Waals surface area (Å²) >= 11 is 0. The van der Waals surface area contributed by atoms with E-state index in [-0.39, 0.29) is 0 Å². The zero-order valence-electron chi connectivity index (χ0n) is 15.3. The summed E-state index contributed by atoms with van der Waals surface area (Å²) in [5, 5.41) is 2.51. The molecule has 3 aromatic carbocycles. The molecule has 0 fully saturated rings. The summed E-state index contributed by atoms with van der Waals surface area (Å²) in [4.78, 5) is 6.93. The Labute approximate surface area is 160 Å². The predicted molar refractivity (Wildman–Crippen MR) is 112 cm³/mol. The fourth-order valence-corrected chi connectivity index (χ4v) is 3.40. The molecule has 0 spiro atoms. The minimum absolute atomic E-state index is 0.571. The Hall–Kier alpha value is -3.17. The van der Waals surface area contributed by atoms with Crippen LogP contribution in [0.5, 0.6) is 0 Å². The molecule has 0 aliphatic heterocycles. The Morgan fingerprint density at radius 1 is 0.704 bits per heavy atom. The molecule has 4 aromatic rings. The molecule has 2 N–H and O–H groups in total. The lowest BCUT2D eigenvalue weighted by molar-refractivity contribution is 0.784. The van der Waals surface area contributed by atoms with Crippen LogP contribution in [0, 0.1) is 0 Å². The van der Waals surface area contributed by atoms with Gasteiger partial charge in [0.1, 0.15) is 0 Å². The number of anilines is 1. The van der Waals surface area contributed by atoms with E-state index in [9.17, 15) is 0 Å². The molecule has 0 saturated heterocycles. The molecule has 134 valence electrons. The van der Waals surface area contributed by atoms with Crippen LogP contribution >= 0.6 is 0 Å². The van der Waals surface area contributed by atoms with Crippen LogP contribution in [0.2, 0.25) is 0 Å². The lowest BCUT2D eigenvalue weighted by Crippen LogP contribution is -2.23. The standard InChI is InChI=1S/C24H23N3/c25-16-19-11-13-20(14-12-19)17-27(18-22-8-3-4-15-26-22)24-10-5-7-21-6-1-2-9-23(21)24/h1-15H,16-18,25H2. The first-order chi connectivity index (χ1) is 13.3. The average molecular weight is 353 g/mol. The van der Waals surface area contributed by atoms with Gasteiger partial charge in [-0.1, -0.05) is 66.7 Å². The average Bonchev–Trinajstić information content (AvgIpc) is 2.74. The molecule has 0 unspecified atom stereocenters. The maximum absolute atomic E-state index is 5.74. The van der Waals surface area contributed by atoms with Gasteiger partial charge in [0.05, 0.1) is 12.2 Å². The molecule has 0 aliphatic rings. The molecule has 0 saturated carbocycles. The summed E-state index contributed by atoms with van der Waals surface area (Å²) in [6.45, 7) is 2.14. The third-order valence-corrected chi connectivity index (χ3v) is 4.82. The minimum Gasteiger partial charge on any atom is -0.361 e. The lowest BCUT2D eigenvalue weighted by atomic mass is 10.1. The van der Waals surface area contributed by atoms with Crippen molar-refractivity contribution >= 4 is 16.5 Å². The van der Waals surface area contributed by atoms with E-state index in [2.05, 4.69) is 82.7 Å². The van der Waals surface area contributed by atoms with Gasteiger partial charge in [-0.2, -0.15) is 0 Å². The number of nitrogens with two attached hydrogens (primary N) is 1. The normalized spacial score (nSPS) is 10.9. The molecule has 0 bridgehead atoms. The Bertz CT molecular complexity index is 1010. The van der Waals surface area contributed by atoms with E-state index in [4.69, 9.17) is 5.73 Å². The molecule has 0 radical (unpaired) electrons. The van der Waals surface area contributed by atoms with Crippen molar-refractivity contribution in [1.82, 2.24) is 4.98 Å². The number of pyridine rings is 1. The van der Waals surface area contributed by atoms with Gasteiger partial charge in [-0.15, -0.1) is 0 Å². The van der Waals surface area contributed by atoms with Gasteiger partial charge in [0, 0.05) is 30.4 Å². The van der Waals surface area contributed by atoms with Crippen LogP contribution in [-0.4, -0.2) is 4.98 Å². The fraction of sp³-hybridized carbons (Fsp3) is 0.125. The van der Waals surface area contributed by atoms with Crippen molar-refractivity contribution in [2.24, 2.45) is 5.73 Å². The van der Waals surface area contributed by atoms with Crippen LogP contribution in [0.15, 0.2) is 91.1 Å². The van der Waals surface area contributed by atoms with Gasteiger partial charge >= 0.3 is 0 Å². The van der Waals surface area contributed by atoms with E-state index in [1.165, 1.54) is 22.0 Å². The number of benzene rings is 3. The van der Waals surface area contributed by atoms with Crippen LogP contribution in [0.25, 0.3) is 10.8 Å². The summed E-state index contributed by atoms with van der Waals surface area (Å²) in [6.07, 6.45) is 1.85.